The molecule has 4 rings (SSSR count). The van der Waals surface area contributed by atoms with Crippen LogP contribution in [0, 0.1) is 5.82 Å². The predicted molar refractivity (Wildman–Crippen MR) is 104 cm³/mol. The molecular weight excluding hydrogens is 375 g/mol. The number of aromatic nitrogens is 3. The highest BCUT2D eigenvalue weighted by atomic mass is 19.1. The van der Waals surface area contributed by atoms with Crippen molar-refractivity contribution >= 4 is 5.91 Å². The van der Waals surface area contributed by atoms with Crippen molar-refractivity contribution in [3.63, 3.8) is 0 Å². The van der Waals surface area contributed by atoms with Gasteiger partial charge >= 0.3 is 0 Å². The van der Waals surface area contributed by atoms with E-state index in [1.54, 1.807) is 29.1 Å². The van der Waals surface area contributed by atoms with Crippen LogP contribution < -0.4 is 15.6 Å². The third kappa shape index (κ3) is 3.73. The molecule has 1 aromatic carbocycles. The van der Waals surface area contributed by atoms with Crippen molar-refractivity contribution < 1.29 is 13.9 Å². The maximum Gasteiger partial charge on any atom is 0.255 e. The lowest BCUT2D eigenvalue weighted by atomic mass is 10.0. The Bertz CT molecular complexity index is 1110. The fraction of sp³-hybridized carbons (Fsp3) is 0.238. The number of hydrogen-bond acceptors (Lipinski definition) is 5. The van der Waals surface area contributed by atoms with E-state index in [9.17, 15) is 14.0 Å². The van der Waals surface area contributed by atoms with Gasteiger partial charge in [0.05, 0.1) is 24.4 Å². The quantitative estimate of drug-likeness (QED) is 0.735. The summed E-state index contributed by atoms with van der Waals surface area (Å²) in [5.41, 5.74) is 1.36. The van der Waals surface area contributed by atoms with Crippen LogP contribution in [0.4, 0.5) is 4.39 Å². The second kappa shape index (κ2) is 7.83. The molecule has 3 aromatic rings. The van der Waals surface area contributed by atoms with Gasteiger partial charge in [-0.25, -0.2) is 9.37 Å². The lowest BCUT2D eigenvalue weighted by molar-refractivity contribution is 0.0924. The first-order valence-electron chi connectivity index (χ1n) is 9.23. The zero-order valence-electron chi connectivity index (χ0n) is 15.8. The molecule has 1 aliphatic heterocycles. The molecule has 0 saturated heterocycles. The van der Waals surface area contributed by atoms with E-state index < -0.39 is 17.8 Å². The van der Waals surface area contributed by atoms with Gasteiger partial charge in [-0.3, -0.25) is 19.1 Å². The van der Waals surface area contributed by atoms with Gasteiger partial charge in [-0.1, -0.05) is 0 Å². The Morgan fingerprint density at radius 1 is 1.24 bits per heavy atom. The molecule has 0 aliphatic carbocycles. The number of amides is 1. The summed E-state index contributed by atoms with van der Waals surface area (Å²) in [7, 11) is 1.38. The third-order valence-corrected chi connectivity index (χ3v) is 4.91. The minimum absolute atomic E-state index is 0.147. The fourth-order valence-corrected chi connectivity index (χ4v) is 3.49. The average molecular weight is 394 g/mol. The molecule has 2 aromatic heterocycles. The Labute approximate surface area is 166 Å². The first-order chi connectivity index (χ1) is 14.1. The second-order valence-electron chi connectivity index (χ2n) is 6.74. The summed E-state index contributed by atoms with van der Waals surface area (Å²) < 4.78 is 20.1. The number of pyridine rings is 1. The van der Waals surface area contributed by atoms with Crippen LogP contribution in [0.25, 0.3) is 11.3 Å². The zero-order chi connectivity index (χ0) is 20.4. The molecule has 1 N–H and O–H groups in total. The van der Waals surface area contributed by atoms with Crippen molar-refractivity contribution in [1.82, 2.24) is 19.9 Å². The fourth-order valence-electron chi connectivity index (χ4n) is 3.49. The number of carbonyl (C=O) groups is 1. The van der Waals surface area contributed by atoms with Crippen molar-refractivity contribution in [2.24, 2.45) is 0 Å². The molecule has 0 spiro atoms. The predicted octanol–water partition coefficient (Wildman–Crippen LogP) is 2.72. The molecular formula is C21H19FN4O3. The molecule has 1 atom stereocenters. The molecule has 29 heavy (non-hydrogen) atoms. The number of benzene rings is 1. The van der Waals surface area contributed by atoms with Crippen LogP contribution in [0.15, 0.2) is 53.6 Å². The molecule has 7 nitrogen and oxygen atoms in total. The number of rotatable bonds is 4. The summed E-state index contributed by atoms with van der Waals surface area (Å²) in [4.78, 5) is 34.1. The lowest BCUT2D eigenvalue weighted by Gasteiger charge is -2.27. The SMILES string of the molecule is COc1cc(F)ccc1C(=O)NC1CCCn2c1nc(-c1ccncc1)cc2=O. The topological polar surface area (TPSA) is 86.1 Å². The smallest absolute Gasteiger partial charge is 0.255 e. The van der Waals surface area contributed by atoms with Crippen LogP contribution in [0.1, 0.15) is 35.1 Å². The first kappa shape index (κ1) is 18.8. The Morgan fingerprint density at radius 3 is 2.79 bits per heavy atom. The number of halogens is 1. The largest absolute Gasteiger partial charge is 0.496 e. The van der Waals surface area contributed by atoms with Gasteiger partial charge in [0.2, 0.25) is 0 Å². The van der Waals surface area contributed by atoms with Crippen molar-refractivity contribution in [2.75, 3.05) is 7.11 Å². The summed E-state index contributed by atoms with van der Waals surface area (Å²) in [5, 5.41) is 2.92. The Balaban J connectivity index is 1.69. The van der Waals surface area contributed by atoms with Crippen LogP contribution in [0.3, 0.4) is 0 Å². The van der Waals surface area contributed by atoms with Gasteiger partial charge in [-0.15, -0.1) is 0 Å². The summed E-state index contributed by atoms with van der Waals surface area (Å²) in [6, 6.07) is 8.34. The number of methoxy groups -OCH3 is 1. The van der Waals surface area contributed by atoms with Gasteiger partial charge in [0.1, 0.15) is 17.4 Å². The van der Waals surface area contributed by atoms with Crippen LogP contribution in [-0.2, 0) is 6.54 Å². The van der Waals surface area contributed by atoms with E-state index >= 15 is 0 Å². The number of nitrogens with zero attached hydrogens (tertiary/aromatic N) is 3. The molecule has 1 amide bonds. The highest BCUT2D eigenvalue weighted by Gasteiger charge is 2.26. The molecule has 0 radical (unpaired) electrons. The number of carbonyl (C=O) groups excluding carboxylic acids is 1. The minimum atomic E-state index is -0.489. The molecule has 1 aliphatic rings. The van der Waals surface area contributed by atoms with Crippen molar-refractivity contribution in [1.29, 1.82) is 0 Å². The maximum atomic E-state index is 13.4. The Hall–Kier alpha value is -3.55. The Kier molecular flexibility index (Phi) is 5.07. The molecule has 1 unspecified atom stereocenters. The number of hydrogen-bond donors (Lipinski definition) is 1. The second-order valence-corrected chi connectivity index (χ2v) is 6.74. The summed E-state index contributed by atoms with van der Waals surface area (Å²) in [6.45, 7) is 0.546. The van der Waals surface area contributed by atoms with Crippen LogP contribution in [0.5, 0.6) is 5.75 Å². The average Bonchev–Trinajstić information content (AvgIpc) is 2.74. The summed E-state index contributed by atoms with van der Waals surface area (Å²) in [6.07, 6.45) is 4.64. The monoisotopic (exact) mass is 394 g/mol. The maximum absolute atomic E-state index is 13.4. The van der Waals surface area contributed by atoms with Gasteiger partial charge in [-0.05, 0) is 37.1 Å². The van der Waals surface area contributed by atoms with Gasteiger partial charge in [0.25, 0.3) is 11.5 Å². The van der Waals surface area contributed by atoms with E-state index in [0.717, 1.165) is 18.1 Å². The number of nitrogens with one attached hydrogen (secondary N) is 1. The van der Waals surface area contributed by atoms with E-state index in [2.05, 4.69) is 15.3 Å². The van der Waals surface area contributed by atoms with E-state index in [1.807, 2.05) is 0 Å². The highest BCUT2D eigenvalue weighted by Crippen LogP contribution is 2.26. The van der Waals surface area contributed by atoms with Gasteiger partial charge < -0.3 is 10.1 Å². The van der Waals surface area contributed by atoms with E-state index in [4.69, 9.17) is 4.74 Å². The van der Waals surface area contributed by atoms with Gasteiger partial charge in [-0.2, -0.15) is 0 Å². The normalized spacial score (nSPS) is 15.4. The Morgan fingerprint density at radius 2 is 2.03 bits per heavy atom. The molecule has 0 saturated carbocycles. The lowest BCUT2D eigenvalue weighted by Crippen LogP contribution is -2.38. The standard InChI is InChI=1S/C21H19FN4O3/c1-29-18-11-14(22)4-5-15(18)21(28)25-16-3-2-10-26-19(27)12-17(24-20(16)26)13-6-8-23-9-7-13/h4-9,11-12,16H,2-3,10H2,1H3,(H,25,28). The third-order valence-electron chi connectivity index (χ3n) is 4.91. The van der Waals surface area contributed by atoms with Gasteiger partial charge in [0.15, 0.2) is 0 Å². The van der Waals surface area contributed by atoms with E-state index in [-0.39, 0.29) is 16.9 Å². The zero-order valence-corrected chi connectivity index (χ0v) is 15.8. The number of ether oxygens (including phenoxy) is 1. The molecule has 0 bridgehead atoms. The van der Waals surface area contributed by atoms with Gasteiger partial charge in [0, 0.05) is 36.6 Å². The van der Waals surface area contributed by atoms with Crippen LogP contribution in [-0.4, -0.2) is 27.6 Å². The minimum Gasteiger partial charge on any atom is -0.496 e. The van der Waals surface area contributed by atoms with Crippen LogP contribution in [0.2, 0.25) is 0 Å². The molecule has 3 heterocycles. The molecule has 148 valence electrons. The number of fused-ring (bicyclic) bond motifs is 1. The van der Waals surface area contributed by atoms with E-state index in [1.165, 1.54) is 25.3 Å². The van der Waals surface area contributed by atoms with Crippen LogP contribution >= 0.6 is 0 Å². The summed E-state index contributed by atoms with van der Waals surface area (Å²) >= 11 is 0. The first-order valence-corrected chi connectivity index (χ1v) is 9.23. The van der Waals surface area contributed by atoms with Crippen molar-refractivity contribution in [3.8, 4) is 17.0 Å². The summed E-state index contributed by atoms with van der Waals surface area (Å²) in [5.74, 6) is -0.250. The van der Waals surface area contributed by atoms with Crippen molar-refractivity contribution in [3.05, 3.63) is 76.4 Å². The molecule has 8 heteroatoms. The molecule has 0 fully saturated rings. The van der Waals surface area contributed by atoms with Crippen molar-refractivity contribution in [2.45, 2.75) is 25.4 Å². The van der Waals surface area contributed by atoms with E-state index in [0.29, 0.717) is 24.5 Å². The highest BCUT2D eigenvalue weighted by molar-refractivity contribution is 5.97.